The summed E-state index contributed by atoms with van der Waals surface area (Å²) in [4.78, 5) is 4.18. The Bertz CT molecular complexity index is 502. The second-order valence-corrected chi connectivity index (χ2v) is 4.43. The Morgan fingerprint density at radius 1 is 1.12 bits per heavy atom. The first kappa shape index (κ1) is 12.2. The molecule has 4 heteroatoms. The number of benzene rings is 1. The number of rotatable bonds is 4. The van der Waals surface area contributed by atoms with Gasteiger partial charge >= 0.3 is 0 Å². The van der Waals surface area contributed by atoms with Crippen LogP contribution in [0, 0.1) is 3.57 Å². The van der Waals surface area contributed by atoms with E-state index in [9.17, 15) is 0 Å². The van der Waals surface area contributed by atoms with E-state index in [-0.39, 0.29) is 0 Å². The van der Waals surface area contributed by atoms with Gasteiger partial charge in [-0.25, -0.2) is 4.98 Å². The highest BCUT2D eigenvalue weighted by Gasteiger charge is 2.08. The van der Waals surface area contributed by atoms with E-state index in [0.29, 0.717) is 18.2 Å². The molecule has 0 amide bonds. The molecule has 3 nitrogen and oxygen atoms in total. The first-order chi connectivity index (χ1) is 8.31. The summed E-state index contributed by atoms with van der Waals surface area (Å²) in [5, 5.41) is 0. The highest BCUT2D eigenvalue weighted by Crippen LogP contribution is 2.31. The number of halogens is 1. The maximum Gasteiger partial charge on any atom is 0.262 e. The highest BCUT2D eigenvalue weighted by molar-refractivity contribution is 14.1. The van der Waals surface area contributed by atoms with Crippen molar-refractivity contribution in [1.29, 1.82) is 0 Å². The minimum atomic E-state index is 0.499. The van der Waals surface area contributed by atoms with Crippen LogP contribution in [0.4, 0.5) is 0 Å². The first-order valence-electron chi connectivity index (χ1n) is 5.31. The van der Waals surface area contributed by atoms with Crippen LogP contribution in [-0.4, -0.2) is 11.6 Å². The lowest BCUT2D eigenvalue weighted by atomic mass is 10.3. The summed E-state index contributed by atoms with van der Waals surface area (Å²) in [7, 11) is 0. The van der Waals surface area contributed by atoms with Crippen LogP contribution in [0.1, 0.15) is 6.92 Å². The van der Waals surface area contributed by atoms with Gasteiger partial charge in [0, 0.05) is 6.20 Å². The normalized spacial score (nSPS) is 10.0. The average Bonchev–Trinajstić information content (AvgIpc) is 2.35. The molecule has 0 spiro atoms. The molecular weight excluding hydrogens is 329 g/mol. The molecule has 1 aromatic carbocycles. The largest absolute Gasteiger partial charge is 0.488 e. The fraction of sp³-hybridized carbons (Fsp3) is 0.154. The Hall–Kier alpha value is -1.30. The third-order valence-corrected chi connectivity index (χ3v) is 2.97. The Morgan fingerprint density at radius 3 is 2.65 bits per heavy atom. The van der Waals surface area contributed by atoms with Crippen molar-refractivity contribution in [2.45, 2.75) is 6.92 Å². The number of para-hydroxylation sites is 1. The van der Waals surface area contributed by atoms with Gasteiger partial charge in [-0.2, -0.15) is 0 Å². The predicted octanol–water partition coefficient (Wildman–Crippen LogP) is 3.88. The minimum Gasteiger partial charge on any atom is -0.488 e. The molecule has 0 aliphatic heterocycles. The number of hydrogen-bond acceptors (Lipinski definition) is 3. The molecule has 0 aliphatic rings. The minimum absolute atomic E-state index is 0.499. The Labute approximate surface area is 114 Å². The summed E-state index contributed by atoms with van der Waals surface area (Å²) < 4.78 is 12.2. The van der Waals surface area contributed by atoms with Gasteiger partial charge in [0.1, 0.15) is 5.75 Å². The molecule has 2 rings (SSSR count). The predicted molar refractivity (Wildman–Crippen MR) is 74.6 cm³/mol. The van der Waals surface area contributed by atoms with Crippen molar-refractivity contribution in [3.8, 4) is 17.4 Å². The van der Waals surface area contributed by atoms with Gasteiger partial charge in [0.2, 0.25) is 0 Å². The summed E-state index contributed by atoms with van der Waals surface area (Å²) >= 11 is 2.23. The standard InChI is InChI=1S/C13H12INO2/c1-2-16-12-8-5-9-15-13(12)17-11-7-4-3-6-10(11)14/h3-9H,2H2,1H3. The summed E-state index contributed by atoms with van der Waals surface area (Å²) in [6.45, 7) is 2.52. The zero-order valence-corrected chi connectivity index (χ0v) is 11.5. The average molecular weight is 341 g/mol. The highest BCUT2D eigenvalue weighted by atomic mass is 127. The van der Waals surface area contributed by atoms with Crippen molar-refractivity contribution in [2.24, 2.45) is 0 Å². The van der Waals surface area contributed by atoms with Crippen LogP contribution in [0.25, 0.3) is 0 Å². The molecule has 0 aliphatic carbocycles. The van der Waals surface area contributed by atoms with Crippen LogP contribution in [0.2, 0.25) is 0 Å². The fourth-order valence-electron chi connectivity index (χ4n) is 1.35. The van der Waals surface area contributed by atoms with Crippen LogP contribution >= 0.6 is 22.6 Å². The third kappa shape index (κ3) is 3.09. The molecule has 0 fully saturated rings. The quantitative estimate of drug-likeness (QED) is 0.791. The van der Waals surface area contributed by atoms with E-state index in [2.05, 4.69) is 27.6 Å². The molecule has 0 atom stereocenters. The SMILES string of the molecule is CCOc1cccnc1Oc1ccccc1I. The van der Waals surface area contributed by atoms with Crippen molar-refractivity contribution >= 4 is 22.6 Å². The molecule has 0 saturated heterocycles. The molecule has 1 heterocycles. The van der Waals surface area contributed by atoms with Crippen molar-refractivity contribution in [1.82, 2.24) is 4.98 Å². The molecule has 17 heavy (non-hydrogen) atoms. The Kier molecular flexibility index (Phi) is 4.19. The molecule has 2 aromatic rings. The number of nitrogens with zero attached hydrogens (tertiary/aromatic N) is 1. The van der Waals surface area contributed by atoms with Gasteiger partial charge < -0.3 is 9.47 Å². The monoisotopic (exact) mass is 341 g/mol. The van der Waals surface area contributed by atoms with E-state index >= 15 is 0 Å². The van der Waals surface area contributed by atoms with Crippen LogP contribution < -0.4 is 9.47 Å². The van der Waals surface area contributed by atoms with E-state index in [1.807, 2.05) is 43.3 Å². The van der Waals surface area contributed by atoms with Gasteiger partial charge in [0.25, 0.3) is 5.88 Å². The molecule has 0 unspecified atom stereocenters. The Balaban J connectivity index is 2.27. The fourth-order valence-corrected chi connectivity index (χ4v) is 1.85. The summed E-state index contributed by atoms with van der Waals surface area (Å²) in [5.41, 5.74) is 0. The van der Waals surface area contributed by atoms with Gasteiger partial charge in [-0.3, -0.25) is 0 Å². The van der Waals surface area contributed by atoms with E-state index in [1.165, 1.54) is 0 Å². The van der Waals surface area contributed by atoms with Crippen LogP contribution in [-0.2, 0) is 0 Å². The molecule has 0 radical (unpaired) electrons. The van der Waals surface area contributed by atoms with E-state index in [4.69, 9.17) is 9.47 Å². The van der Waals surface area contributed by atoms with Crippen LogP contribution in [0.3, 0.4) is 0 Å². The van der Waals surface area contributed by atoms with Crippen LogP contribution in [0.5, 0.6) is 17.4 Å². The third-order valence-electron chi connectivity index (χ3n) is 2.08. The number of hydrogen-bond donors (Lipinski definition) is 0. The van der Waals surface area contributed by atoms with Crippen molar-refractivity contribution < 1.29 is 9.47 Å². The second-order valence-electron chi connectivity index (χ2n) is 3.27. The topological polar surface area (TPSA) is 31.4 Å². The van der Waals surface area contributed by atoms with Gasteiger partial charge in [-0.15, -0.1) is 0 Å². The Morgan fingerprint density at radius 2 is 1.88 bits per heavy atom. The van der Waals surface area contributed by atoms with Crippen molar-refractivity contribution in [3.05, 3.63) is 46.2 Å². The first-order valence-corrected chi connectivity index (χ1v) is 6.39. The lowest BCUT2D eigenvalue weighted by molar-refractivity contribution is 0.316. The van der Waals surface area contributed by atoms with E-state index in [1.54, 1.807) is 6.20 Å². The maximum atomic E-state index is 5.75. The lowest BCUT2D eigenvalue weighted by Gasteiger charge is -2.10. The van der Waals surface area contributed by atoms with Gasteiger partial charge in [-0.05, 0) is 53.8 Å². The summed E-state index contributed by atoms with van der Waals surface area (Å²) in [6.07, 6.45) is 1.69. The molecule has 1 aromatic heterocycles. The summed E-state index contributed by atoms with van der Waals surface area (Å²) in [6, 6.07) is 11.5. The molecule has 0 N–H and O–H groups in total. The second kappa shape index (κ2) is 5.86. The summed E-state index contributed by atoms with van der Waals surface area (Å²) in [5.74, 6) is 1.95. The lowest BCUT2D eigenvalue weighted by Crippen LogP contribution is -1.97. The smallest absolute Gasteiger partial charge is 0.262 e. The molecule has 0 saturated carbocycles. The maximum absolute atomic E-state index is 5.75. The zero-order valence-electron chi connectivity index (χ0n) is 9.39. The number of aromatic nitrogens is 1. The van der Waals surface area contributed by atoms with E-state index in [0.717, 1.165) is 9.32 Å². The number of ether oxygens (including phenoxy) is 2. The van der Waals surface area contributed by atoms with Crippen molar-refractivity contribution in [2.75, 3.05) is 6.61 Å². The van der Waals surface area contributed by atoms with Gasteiger partial charge in [-0.1, -0.05) is 12.1 Å². The van der Waals surface area contributed by atoms with Gasteiger partial charge in [0.05, 0.1) is 10.2 Å². The zero-order chi connectivity index (χ0) is 12.1. The number of pyridine rings is 1. The molecule has 0 bridgehead atoms. The van der Waals surface area contributed by atoms with E-state index < -0.39 is 0 Å². The van der Waals surface area contributed by atoms with Gasteiger partial charge in [0.15, 0.2) is 5.75 Å². The molecule has 88 valence electrons. The van der Waals surface area contributed by atoms with Crippen LogP contribution in [0.15, 0.2) is 42.6 Å². The molecular formula is C13H12INO2. The van der Waals surface area contributed by atoms with Crippen molar-refractivity contribution in [3.63, 3.8) is 0 Å².